The highest BCUT2D eigenvalue weighted by Gasteiger charge is 2.22. The van der Waals surface area contributed by atoms with Gasteiger partial charge in [-0.2, -0.15) is 0 Å². The second kappa shape index (κ2) is 9.08. The lowest BCUT2D eigenvalue weighted by molar-refractivity contribution is -0.175. The maximum absolute atomic E-state index is 5.44. The Labute approximate surface area is 111 Å². The number of nitrogens with one attached hydrogen (secondary N) is 1. The van der Waals surface area contributed by atoms with E-state index in [0.29, 0.717) is 0 Å². The molecule has 0 unspecified atom stereocenters. The second-order valence-corrected chi connectivity index (χ2v) is 6.37. The first kappa shape index (κ1) is 16.2. The molecule has 7 heteroatoms. The molecule has 0 saturated carbocycles. The Hall–Kier alpha value is 0.110. The summed E-state index contributed by atoms with van der Waals surface area (Å²) in [6.07, 6.45) is 1.79. The van der Waals surface area contributed by atoms with Crippen molar-refractivity contribution in [2.45, 2.75) is 19.1 Å². The lowest BCUT2D eigenvalue weighted by Crippen LogP contribution is -2.35. The number of ether oxygens (including phenoxy) is 2. The maximum atomic E-state index is 5.44. The normalized spacial score (nSPS) is 19.1. The monoisotopic (exact) mass is 283 g/mol. The predicted molar refractivity (Wildman–Crippen MR) is 71.3 cm³/mol. The first-order chi connectivity index (χ1) is 8.76. The summed E-state index contributed by atoms with van der Waals surface area (Å²) in [6.45, 7) is 3.15. The van der Waals surface area contributed by atoms with E-state index in [9.17, 15) is 0 Å². The highest BCUT2D eigenvalue weighted by atomic mass is 32.3. The molecule has 0 atom stereocenters. The molecule has 1 fully saturated rings. The minimum absolute atomic E-state index is 0.108. The Morgan fingerprint density at radius 3 is 2.28 bits per heavy atom. The summed E-state index contributed by atoms with van der Waals surface area (Å²) in [5, 5.41) is 3.30. The van der Waals surface area contributed by atoms with Crippen molar-refractivity contribution in [2.24, 2.45) is 0 Å². The average Bonchev–Trinajstić information content (AvgIpc) is 2.45. The van der Waals surface area contributed by atoms with Gasteiger partial charge in [0.1, 0.15) is 0 Å². The molecule has 1 saturated heterocycles. The molecule has 0 aromatic rings. The first-order valence-electron chi connectivity index (χ1n) is 6.18. The Bertz CT molecular complexity index is 201. The third-order valence-corrected chi connectivity index (χ3v) is 5.03. The van der Waals surface area contributed by atoms with Crippen LogP contribution in [-0.4, -0.2) is 59.7 Å². The van der Waals surface area contributed by atoms with Crippen molar-refractivity contribution < 1.29 is 22.0 Å². The fraction of sp³-hybridized carbons (Fsp3) is 1.00. The summed E-state index contributed by atoms with van der Waals surface area (Å²) in [5.74, 6) is 0.746. The van der Waals surface area contributed by atoms with E-state index in [2.05, 4.69) is 5.32 Å². The molecule has 0 amide bonds. The largest absolute Gasteiger partial charge is 0.351 e. The van der Waals surface area contributed by atoms with Crippen LogP contribution in [0.5, 0.6) is 0 Å². The molecule has 0 aromatic heterocycles. The fourth-order valence-electron chi connectivity index (χ4n) is 1.70. The highest BCUT2D eigenvalue weighted by molar-refractivity contribution is 8.21. The summed E-state index contributed by atoms with van der Waals surface area (Å²) >= 11 is 0. The number of hydrogen-bond donors (Lipinski definition) is 1. The molecule has 0 radical (unpaired) electrons. The molecule has 0 bridgehead atoms. The van der Waals surface area contributed by atoms with E-state index in [0.717, 1.165) is 44.9 Å². The van der Waals surface area contributed by atoms with Crippen molar-refractivity contribution in [3.63, 3.8) is 0 Å². The molecule has 1 N–H and O–H groups in total. The lowest BCUT2D eigenvalue weighted by atomic mass is 10.4. The van der Waals surface area contributed by atoms with Crippen LogP contribution in [0.15, 0.2) is 0 Å². The van der Waals surface area contributed by atoms with E-state index >= 15 is 0 Å². The van der Waals surface area contributed by atoms with Crippen molar-refractivity contribution in [3.05, 3.63) is 0 Å². The molecular weight excluding hydrogens is 258 g/mol. The van der Waals surface area contributed by atoms with Gasteiger partial charge in [0.15, 0.2) is 6.29 Å². The minimum atomic E-state index is -1.82. The van der Waals surface area contributed by atoms with Crippen LogP contribution in [-0.2, 0) is 22.0 Å². The molecule has 0 spiro atoms. The number of rotatable bonds is 9. The maximum Gasteiger partial charge on any atom is 0.169 e. The lowest BCUT2D eigenvalue weighted by Gasteiger charge is -2.33. The van der Waals surface area contributed by atoms with Crippen LogP contribution >= 0.6 is 10.9 Å². The van der Waals surface area contributed by atoms with Gasteiger partial charge in [-0.1, -0.05) is 0 Å². The fourth-order valence-corrected chi connectivity index (χ4v) is 3.11. The van der Waals surface area contributed by atoms with E-state index in [1.54, 1.807) is 21.3 Å². The van der Waals surface area contributed by atoms with E-state index < -0.39 is 10.9 Å². The number of hydrogen-bond acceptors (Lipinski definition) is 6. The molecule has 110 valence electrons. The van der Waals surface area contributed by atoms with Crippen molar-refractivity contribution in [2.75, 3.05) is 53.4 Å². The van der Waals surface area contributed by atoms with Crippen molar-refractivity contribution >= 4 is 10.9 Å². The SMILES string of the molecule is COS(CCCNCC1OCCCO1)(OC)OC. The zero-order valence-electron chi connectivity index (χ0n) is 11.5. The van der Waals surface area contributed by atoms with Gasteiger partial charge in [0.25, 0.3) is 0 Å². The highest BCUT2D eigenvalue weighted by Crippen LogP contribution is 2.49. The summed E-state index contributed by atoms with van der Waals surface area (Å²) in [6, 6.07) is 0. The smallest absolute Gasteiger partial charge is 0.169 e. The van der Waals surface area contributed by atoms with Crippen LogP contribution < -0.4 is 5.32 Å². The summed E-state index contributed by atoms with van der Waals surface area (Å²) in [4.78, 5) is 0. The molecule has 1 rings (SSSR count). The average molecular weight is 283 g/mol. The molecule has 18 heavy (non-hydrogen) atoms. The first-order valence-corrected chi connectivity index (χ1v) is 7.75. The van der Waals surface area contributed by atoms with Crippen LogP contribution in [0.25, 0.3) is 0 Å². The summed E-state index contributed by atoms with van der Waals surface area (Å²) in [5.41, 5.74) is 0. The van der Waals surface area contributed by atoms with Crippen molar-refractivity contribution in [3.8, 4) is 0 Å². The van der Waals surface area contributed by atoms with E-state index in [1.807, 2.05) is 0 Å². The van der Waals surface area contributed by atoms with Crippen LogP contribution in [0.3, 0.4) is 0 Å². The topological polar surface area (TPSA) is 58.2 Å². The van der Waals surface area contributed by atoms with Gasteiger partial charge in [0.2, 0.25) is 0 Å². The standard InChI is InChI=1S/C11H25NO5S/c1-13-18(14-2,15-3)9-4-6-12-10-11-16-7-5-8-17-11/h11-12H,4-10H2,1-3H3. The zero-order valence-corrected chi connectivity index (χ0v) is 12.3. The Balaban J connectivity index is 2.06. The molecular formula is C11H25NO5S. The minimum Gasteiger partial charge on any atom is -0.351 e. The molecule has 0 aromatic carbocycles. The van der Waals surface area contributed by atoms with Gasteiger partial charge >= 0.3 is 0 Å². The van der Waals surface area contributed by atoms with E-state index in [-0.39, 0.29) is 6.29 Å². The third kappa shape index (κ3) is 5.40. The van der Waals surface area contributed by atoms with Crippen LogP contribution in [0, 0.1) is 0 Å². The van der Waals surface area contributed by atoms with Gasteiger partial charge in [-0.25, -0.2) is 0 Å². The van der Waals surface area contributed by atoms with Gasteiger partial charge in [0, 0.05) is 12.3 Å². The van der Waals surface area contributed by atoms with E-state index in [4.69, 9.17) is 22.0 Å². The van der Waals surface area contributed by atoms with Gasteiger partial charge in [-0.3, -0.25) is 12.5 Å². The van der Waals surface area contributed by atoms with E-state index in [1.165, 1.54) is 0 Å². The third-order valence-electron chi connectivity index (χ3n) is 2.72. The van der Waals surface area contributed by atoms with Crippen molar-refractivity contribution in [1.29, 1.82) is 0 Å². The Morgan fingerprint density at radius 2 is 1.72 bits per heavy atom. The van der Waals surface area contributed by atoms with Gasteiger partial charge < -0.3 is 14.8 Å². The molecule has 1 aliphatic heterocycles. The molecule has 1 aliphatic rings. The predicted octanol–water partition coefficient (Wildman–Crippen LogP) is 1.22. The second-order valence-electron chi connectivity index (χ2n) is 3.84. The Kier molecular flexibility index (Phi) is 8.16. The molecule has 0 aliphatic carbocycles. The molecule has 1 heterocycles. The Morgan fingerprint density at radius 1 is 1.11 bits per heavy atom. The van der Waals surface area contributed by atoms with Gasteiger partial charge in [-0.15, -0.1) is 0 Å². The van der Waals surface area contributed by atoms with Gasteiger partial charge in [-0.05, 0) is 19.4 Å². The quantitative estimate of drug-likeness (QED) is 0.642. The van der Waals surface area contributed by atoms with Crippen molar-refractivity contribution in [1.82, 2.24) is 5.32 Å². The van der Waals surface area contributed by atoms with Crippen LogP contribution in [0.2, 0.25) is 0 Å². The summed E-state index contributed by atoms with van der Waals surface area (Å²) < 4.78 is 26.8. The zero-order chi connectivity index (χ0) is 13.3. The van der Waals surface area contributed by atoms with Gasteiger partial charge in [0.05, 0.1) is 45.4 Å². The van der Waals surface area contributed by atoms with Crippen LogP contribution in [0.1, 0.15) is 12.8 Å². The molecule has 6 nitrogen and oxygen atoms in total. The van der Waals surface area contributed by atoms with Crippen LogP contribution in [0.4, 0.5) is 0 Å². The summed E-state index contributed by atoms with van der Waals surface area (Å²) in [7, 11) is 3.01.